The third-order valence-corrected chi connectivity index (χ3v) is 3.72. The van der Waals surface area contributed by atoms with Crippen molar-refractivity contribution in [3.63, 3.8) is 0 Å². The van der Waals surface area contributed by atoms with Crippen molar-refractivity contribution in [3.8, 4) is 0 Å². The molecule has 1 aromatic rings. The molecule has 106 valence electrons. The summed E-state index contributed by atoms with van der Waals surface area (Å²) < 4.78 is 1.86. The molecule has 2 heterocycles. The SMILES string of the molecule is CCC(O)c1ccn(CC(=O)N2CCN(C)CC2)c1. The van der Waals surface area contributed by atoms with Crippen LogP contribution in [0.1, 0.15) is 25.0 Å². The number of rotatable bonds is 4. The lowest BCUT2D eigenvalue weighted by Gasteiger charge is -2.32. The molecule has 0 aromatic carbocycles. The topological polar surface area (TPSA) is 48.7 Å². The lowest BCUT2D eigenvalue weighted by Crippen LogP contribution is -2.48. The van der Waals surface area contributed by atoms with E-state index in [0.717, 1.165) is 31.7 Å². The second-order valence-corrected chi connectivity index (χ2v) is 5.23. The number of carbonyl (C=O) groups excluding carboxylic acids is 1. The molecule has 1 aliphatic heterocycles. The van der Waals surface area contributed by atoms with Crippen molar-refractivity contribution in [3.05, 3.63) is 24.0 Å². The number of amides is 1. The number of likely N-dealkylation sites (N-methyl/N-ethyl adjacent to an activating group) is 1. The summed E-state index contributed by atoms with van der Waals surface area (Å²) in [7, 11) is 2.08. The molecule has 1 amide bonds. The van der Waals surface area contributed by atoms with Crippen molar-refractivity contribution in [2.75, 3.05) is 33.2 Å². The summed E-state index contributed by atoms with van der Waals surface area (Å²) in [5.74, 6) is 0.154. The molecule has 19 heavy (non-hydrogen) atoms. The molecule has 1 aliphatic rings. The molecular formula is C14H23N3O2. The maximum Gasteiger partial charge on any atom is 0.242 e. The maximum absolute atomic E-state index is 12.1. The van der Waals surface area contributed by atoms with E-state index in [4.69, 9.17) is 0 Å². The molecule has 0 radical (unpaired) electrons. The molecule has 5 nitrogen and oxygen atoms in total. The fraction of sp³-hybridized carbons (Fsp3) is 0.643. The number of aliphatic hydroxyl groups excluding tert-OH is 1. The van der Waals surface area contributed by atoms with Gasteiger partial charge in [-0.1, -0.05) is 6.92 Å². The first-order valence-corrected chi connectivity index (χ1v) is 6.90. The van der Waals surface area contributed by atoms with Gasteiger partial charge in [-0.2, -0.15) is 0 Å². The van der Waals surface area contributed by atoms with E-state index in [2.05, 4.69) is 11.9 Å². The van der Waals surface area contributed by atoms with Gasteiger partial charge in [-0.05, 0) is 25.1 Å². The van der Waals surface area contributed by atoms with Gasteiger partial charge in [0.2, 0.25) is 5.91 Å². The number of piperazine rings is 1. The highest BCUT2D eigenvalue weighted by Crippen LogP contribution is 2.16. The number of aromatic nitrogens is 1. The van der Waals surface area contributed by atoms with Crippen molar-refractivity contribution in [1.29, 1.82) is 0 Å². The van der Waals surface area contributed by atoms with Crippen LogP contribution in [0, 0.1) is 0 Å². The number of hydrogen-bond acceptors (Lipinski definition) is 3. The summed E-state index contributed by atoms with van der Waals surface area (Å²) in [4.78, 5) is 16.3. The molecule has 2 rings (SSSR count). The molecule has 0 spiro atoms. The van der Waals surface area contributed by atoms with Crippen LogP contribution in [-0.4, -0.2) is 58.6 Å². The highest BCUT2D eigenvalue weighted by molar-refractivity contribution is 5.76. The molecular weight excluding hydrogens is 242 g/mol. The Morgan fingerprint density at radius 2 is 2.05 bits per heavy atom. The van der Waals surface area contributed by atoms with E-state index in [1.807, 2.05) is 34.9 Å². The Morgan fingerprint density at radius 3 is 2.68 bits per heavy atom. The second kappa shape index (κ2) is 6.21. The summed E-state index contributed by atoms with van der Waals surface area (Å²) in [5.41, 5.74) is 0.883. The average Bonchev–Trinajstić information content (AvgIpc) is 2.87. The van der Waals surface area contributed by atoms with E-state index in [9.17, 15) is 9.90 Å². The number of hydrogen-bond donors (Lipinski definition) is 1. The Kier molecular flexibility index (Phi) is 4.61. The molecule has 0 bridgehead atoms. The molecule has 0 saturated carbocycles. The predicted molar refractivity (Wildman–Crippen MR) is 73.8 cm³/mol. The molecule has 1 saturated heterocycles. The van der Waals surface area contributed by atoms with Crippen molar-refractivity contribution >= 4 is 5.91 Å². The van der Waals surface area contributed by atoms with Crippen LogP contribution in [0.3, 0.4) is 0 Å². The van der Waals surface area contributed by atoms with Crippen LogP contribution in [0.15, 0.2) is 18.5 Å². The predicted octanol–water partition coefficient (Wildman–Crippen LogP) is 0.705. The van der Waals surface area contributed by atoms with Gasteiger partial charge in [0.25, 0.3) is 0 Å². The van der Waals surface area contributed by atoms with Crippen molar-refractivity contribution in [2.24, 2.45) is 0 Å². The van der Waals surface area contributed by atoms with Crippen LogP contribution in [0.4, 0.5) is 0 Å². The first-order chi connectivity index (χ1) is 9.10. The maximum atomic E-state index is 12.1. The van der Waals surface area contributed by atoms with E-state index < -0.39 is 6.10 Å². The second-order valence-electron chi connectivity index (χ2n) is 5.23. The highest BCUT2D eigenvalue weighted by Gasteiger charge is 2.19. The van der Waals surface area contributed by atoms with Crippen molar-refractivity contribution in [1.82, 2.24) is 14.4 Å². The van der Waals surface area contributed by atoms with Crippen LogP contribution < -0.4 is 0 Å². The zero-order valence-electron chi connectivity index (χ0n) is 11.7. The van der Waals surface area contributed by atoms with Gasteiger partial charge in [0.15, 0.2) is 0 Å². The fourth-order valence-corrected chi connectivity index (χ4v) is 2.30. The van der Waals surface area contributed by atoms with E-state index >= 15 is 0 Å². The monoisotopic (exact) mass is 265 g/mol. The Hall–Kier alpha value is -1.33. The van der Waals surface area contributed by atoms with Gasteiger partial charge in [0.1, 0.15) is 6.54 Å². The van der Waals surface area contributed by atoms with Gasteiger partial charge >= 0.3 is 0 Å². The number of carbonyl (C=O) groups is 1. The first kappa shape index (κ1) is 14.1. The molecule has 5 heteroatoms. The van der Waals surface area contributed by atoms with Crippen LogP contribution in [0.2, 0.25) is 0 Å². The molecule has 1 unspecified atom stereocenters. The van der Waals surface area contributed by atoms with Crippen LogP contribution in [-0.2, 0) is 11.3 Å². The van der Waals surface area contributed by atoms with Gasteiger partial charge in [0.05, 0.1) is 6.10 Å². The summed E-state index contributed by atoms with van der Waals surface area (Å²) in [5, 5.41) is 9.74. The first-order valence-electron chi connectivity index (χ1n) is 6.90. The Bertz CT molecular complexity index is 422. The molecule has 0 aliphatic carbocycles. The Morgan fingerprint density at radius 1 is 1.37 bits per heavy atom. The average molecular weight is 265 g/mol. The third-order valence-electron chi connectivity index (χ3n) is 3.72. The summed E-state index contributed by atoms with van der Waals surface area (Å²) >= 11 is 0. The lowest BCUT2D eigenvalue weighted by atomic mass is 10.1. The zero-order valence-corrected chi connectivity index (χ0v) is 11.7. The highest BCUT2D eigenvalue weighted by atomic mass is 16.3. The van der Waals surface area contributed by atoms with E-state index in [1.54, 1.807) is 0 Å². The lowest BCUT2D eigenvalue weighted by molar-refractivity contribution is -0.133. The van der Waals surface area contributed by atoms with E-state index in [1.165, 1.54) is 0 Å². The van der Waals surface area contributed by atoms with Crippen molar-refractivity contribution < 1.29 is 9.90 Å². The minimum atomic E-state index is -0.431. The Balaban J connectivity index is 1.90. The zero-order chi connectivity index (χ0) is 13.8. The third kappa shape index (κ3) is 3.58. The summed E-state index contributed by atoms with van der Waals surface area (Å²) in [6, 6.07) is 1.88. The largest absolute Gasteiger partial charge is 0.388 e. The van der Waals surface area contributed by atoms with Gasteiger partial charge in [-0.15, -0.1) is 0 Å². The van der Waals surface area contributed by atoms with E-state index in [0.29, 0.717) is 13.0 Å². The molecule has 1 atom stereocenters. The summed E-state index contributed by atoms with van der Waals surface area (Å²) in [6.45, 7) is 5.80. The molecule has 1 aromatic heterocycles. The van der Waals surface area contributed by atoms with Crippen molar-refractivity contribution in [2.45, 2.75) is 26.0 Å². The van der Waals surface area contributed by atoms with Gasteiger partial charge in [0, 0.05) is 38.6 Å². The van der Waals surface area contributed by atoms with Crippen LogP contribution >= 0.6 is 0 Å². The normalized spacial score (nSPS) is 18.6. The molecule has 1 fully saturated rings. The summed E-state index contributed by atoms with van der Waals surface area (Å²) in [6.07, 6.45) is 3.99. The van der Waals surface area contributed by atoms with Crippen LogP contribution in [0.25, 0.3) is 0 Å². The van der Waals surface area contributed by atoms with Gasteiger partial charge in [-0.25, -0.2) is 0 Å². The van der Waals surface area contributed by atoms with Crippen LogP contribution in [0.5, 0.6) is 0 Å². The minimum absolute atomic E-state index is 0.154. The molecule has 1 N–H and O–H groups in total. The smallest absolute Gasteiger partial charge is 0.242 e. The van der Waals surface area contributed by atoms with E-state index in [-0.39, 0.29) is 5.91 Å². The standard InChI is InChI=1S/C14H23N3O2/c1-3-13(18)12-4-5-16(10-12)11-14(19)17-8-6-15(2)7-9-17/h4-5,10,13,18H,3,6-9,11H2,1-2H3. The van der Waals surface area contributed by atoms with Gasteiger partial charge < -0.3 is 19.5 Å². The Labute approximate surface area is 114 Å². The van der Waals surface area contributed by atoms with Gasteiger partial charge in [-0.3, -0.25) is 4.79 Å². The number of aliphatic hydroxyl groups is 1. The number of nitrogens with zero attached hydrogens (tertiary/aromatic N) is 3. The fourth-order valence-electron chi connectivity index (χ4n) is 2.30. The quantitative estimate of drug-likeness (QED) is 0.872. The minimum Gasteiger partial charge on any atom is -0.388 e.